The molecule has 0 aromatic heterocycles. The van der Waals surface area contributed by atoms with Crippen molar-refractivity contribution in [1.29, 1.82) is 0 Å². The van der Waals surface area contributed by atoms with Gasteiger partial charge in [-0.05, 0) is 29.3 Å². The van der Waals surface area contributed by atoms with Crippen molar-refractivity contribution in [2.45, 2.75) is 6.10 Å². The molecule has 1 amide bonds. The molecular formula is C17H17NO3. The zero-order valence-corrected chi connectivity index (χ0v) is 11.4. The van der Waals surface area contributed by atoms with E-state index in [1.807, 2.05) is 30.3 Å². The Balaban J connectivity index is 1.83. The molecule has 108 valence electrons. The summed E-state index contributed by atoms with van der Waals surface area (Å²) in [5.41, 5.74) is 1.58. The largest absolute Gasteiger partial charge is 0.508 e. The number of carbonyl (C=O) groups excluding carboxylic acids is 1. The monoisotopic (exact) mass is 283 g/mol. The second-order valence-electron chi connectivity index (χ2n) is 4.60. The van der Waals surface area contributed by atoms with Crippen molar-refractivity contribution in [2.24, 2.45) is 0 Å². The van der Waals surface area contributed by atoms with E-state index >= 15 is 0 Å². The number of phenols is 1. The van der Waals surface area contributed by atoms with Gasteiger partial charge in [0.15, 0.2) is 0 Å². The summed E-state index contributed by atoms with van der Waals surface area (Å²) < 4.78 is 0. The van der Waals surface area contributed by atoms with Crippen LogP contribution < -0.4 is 5.32 Å². The van der Waals surface area contributed by atoms with Gasteiger partial charge in [0.05, 0.1) is 6.10 Å². The fourth-order valence-corrected chi connectivity index (χ4v) is 1.81. The first-order chi connectivity index (χ1) is 10.1. The summed E-state index contributed by atoms with van der Waals surface area (Å²) >= 11 is 0. The smallest absolute Gasteiger partial charge is 0.244 e. The molecular weight excluding hydrogens is 266 g/mol. The Bertz CT molecular complexity index is 606. The Kier molecular flexibility index (Phi) is 5.12. The third kappa shape index (κ3) is 4.78. The molecule has 0 saturated heterocycles. The Morgan fingerprint density at radius 2 is 1.76 bits per heavy atom. The van der Waals surface area contributed by atoms with Gasteiger partial charge in [-0.1, -0.05) is 42.5 Å². The maximum Gasteiger partial charge on any atom is 0.244 e. The Morgan fingerprint density at radius 1 is 1.10 bits per heavy atom. The molecule has 0 heterocycles. The minimum absolute atomic E-state index is 0.114. The molecule has 21 heavy (non-hydrogen) atoms. The predicted octanol–water partition coefficient (Wildman–Crippen LogP) is 2.26. The van der Waals surface area contributed by atoms with Gasteiger partial charge in [-0.25, -0.2) is 0 Å². The maximum absolute atomic E-state index is 11.7. The molecule has 0 radical (unpaired) electrons. The van der Waals surface area contributed by atoms with Gasteiger partial charge in [-0.2, -0.15) is 0 Å². The van der Waals surface area contributed by atoms with Crippen LogP contribution in [0.25, 0.3) is 6.08 Å². The molecule has 0 bridgehead atoms. The van der Waals surface area contributed by atoms with E-state index in [-0.39, 0.29) is 18.2 Å². The molecule has 0 aliphatic rings. The summed E-state index contributed by atoms with van der Waals surface area (Å²) in [6.45, 7) is 0.114. The highest BCUT2D eigenvalue weighted by Crippen LogP contribution is 2.15. The lowest BCUT2D eigenvalue weighted by Gasteiger charge is -2.11. The van der Waals surface area contributed by atoms with Gasteiger partial charge in [0.1, 0.15) is 5.75 Å². The summed E-state index contributed by atoms with van der Waals surface area (Å²) in [7, 11) is 0. The van der Waals surface area contributed by atoms with Crippen LogP contribution >= 0.6 is 0 Å². The van der Waals surface area contributed by atoms with Crippen LogP contribution in [-0.2, 0) is 4.79 Å². The molecule has 3 N–H and O–H groups in total. The third-order valence-corrected chi connectivity index (χ3v) is 2.97. The Morgan fingerprint density at radius 3 is 2.43 bits per heavy atom. The number of rotatable bonds is 5. The van der Waals surface area contributed by atoms with Crippen LogP contribution in [0.5, 0.6) is 5.75 Å². The number of hydrogen-bond donors (Lipinski definition) is 3. The Labute approximate surface area is 123 Å². The Hall–Kier alpha value is -2.59. The maximum atomic E-state index is 11.7. The SMILES string of the molecule is O=C(/C=C/c1ccccc1)NC[C@H](O)c1ccc(O)cc1. The summed E-state index contributed by atoms with van der Waals surface area (Å²) in [4.78, 5) is 11.7. The zero-order chi connectivity index (χ0) is 15.1. The van der Waals surface area contributed by atoms with Gasteiger partial charge in [0.2, 0.25) is 5.91 Å². The van der Waals surface area contributed by atoms with Gasteiger partial charge in [-0.3, -0.25) is 4.79 Å². The van der Waals surface area contributed by atoms with Crippen LogP contribution in [-0.4, -0.2) is 22.7 Å². The minimum atomic E-state index is -0.806. The highest BCUT2D eigenvalue weighted by atomic mass is 16.3. The molecule has 0 aliphatic carbocycles. The van der Waals surface area contributed by atoms with E-state index in [4.69, 9.17) is 0 Å². The molecule has 0 unspecified atom stereocenters. The molecule has 0 spiro atoms. The van der Waals surface area contributed by atoms with Gasteiger partial charge < -0.3 is 15.5 Å². The molecule has 0 aliphatic heterocycles. The van der Waals surface area contributed by atoms with E-state index in [9.17, 15) is 15.0 Å². The zero-order valence-electron chi connectivity index (χ0n) is 11.4. The summed E-state index contributed by atoms with van der Waals surface area (Å²) in [6, 6.07) is 15.7. The highest BCUT2D eigenvalue weighted by molar-refractivity contribution is 5.91. The molecule has 0 saturated carbocycles. The number of hydrogen-bond acceptors (Lipinski definition) is 3. The molecule has 4 nitrogen and oxygen atoms in total. The molecule has 1 atom stereocenters. The van der Waals surface area contributed by atoms with Crippen molar-refractivity contribution in [2.75, 3.05) is 6.54 Å². The molecule has 2 aromatic rings. The quantitative estimate of drug-likeness (QED) is 0.737. The van der Waals surface area contributed by atoms with E-state index < -0.39 is 6.10 Å². The van der Waals surface area contributed by atoms with E-state index in [1.54, 1.807) is 18.2 Å². The number of aromatic hydroxyl groups is 1. The molecule has 2 rings (SSSR count). The predicted molar refractivity (Wildman–Crippen MR) is 81.6 cm³/mol. The van der Waals surface area contributed by atoms with E-state index in [2.05, 4.69) is 5.32 Å². The lowest BCUT2D eigenvalue weighted by molar-refractivity contribution is -0.116. The average molecular weight is 283 g/mol. The fourth-order valence-electron chi connectivity index (χ4n) is 1.81. The lowest BCUT2D eigenvalue weighted by atomic mass is 10.1. The topological polar surface area (TPSA) is 69.6 Å². The second-order valence-corrected chi connectivity index (χ2v) is 4.60. The van der Waals surface area contributed by atoms with Gasteiger partial charge in [0, 0.05) is 12.6 Å². The summed E-state index contributed by atoms with van der Waals surface area (Å²) in [5, 5.41) is 21.7. The highest BCUT2D eigenvalue weighted by Gasteiger charge is 2.08. The number of phenolic OH excluding ortho intramolecular Hbond substituents is 1. The van der Waals surface area contributed by atoms with Gasteiger partial charge in [-0.15, -0.1) is 0 Å². The standard InChI is InChI=1S/C17H17NO3/c19-15-9-7-14(8-10-15)16(20)12-18-17(21)11-6-13-4-2-1-3-5-13/h1-11,16,19-20H,12H2,(H,18,21)/b11-6+/t16-/m0/s1. The van der Waals surface area contributed by atoms with E-state index in [0.29, 0.717) is 5.56 Å². The molecule has 0 fully saturated rings. The van der Waals surface area contributed by atoms with E-state index in [0.717, 1.165) is 5.56 Å². The van der Waals surface area contributed by atoms with Crippen LogP contribution in [0.2, 0.25) is 0 Å². The number of carbonyl (C=O) groups is 1. The second kappa shape index (κ2) is 7.26. The molecule has 4 heteroatoms. The van der Waals surface area contributed by atoms with Crippen molar-refractivity contribution in [3.8, 4) is 5.75 Å². The van der Waals surface area contributed by atoms with Crippen LogP contribution in [0.1, 0.15) is 17.2 Å². The molecule has 2 aromatic carbocycles. The number of nitrogens with one attached hydrogen (secondary N) is 1. The number of benzene rings is 2. The van der Waals surface area contributed by atoms with Crippen molar-refractivity contribution in [1.82, 2.24) is 5.32 Å². The minimum Gasteiger partial charge on any atom is -0.508 e. The van der Waals surface area contributed by atoms with Crippen molar-refractivity contribution in [3.63, 3.8) is 0 Å². The van der Waals surface area contributed by atoms with Gasteiger partial charge >= 0.3 is 0 Å². The summed E-state index contributed by atoms with van der Waals surface area (Å²) in [5.74, 6) is -0.127. The van der Waals surface area contributed by atoms with Crippen LogP contribution in [0.4, 0.5) is 0 Å². The van der Waals surface area contributed by atoms with E-state index in [1.165, 1.54) is 18.2 Å². The van der Waals surface area contributed by atoms with Crippen molar-refractivity contribution < 1.29 is 15.0 Å². The lowest BCUT2D eigenvalue weighted by Crippen LogP contribution is -2.26. The van der Waals surface area contributed by atoms with Crippen molar-refractivity contribution >= 4 is 12.0 Å². The van der Waals surface area contributed by atoms with Crippen LogP contribution in [0.3, 0.4) is 0 Å². The fraction of sp³-hybridized carbons (Fsp3) is 0.118. The van der Waals surface area contributed by atoms with Gasteiger partial charge in [0.25, 0.3) is 0 Å². The van der Waals surface area contributed by atoms with Crippen LogP contribution in [0.15, 0.2) is 60.7 Å². The van der Waals surface area contributed by atoms with Crippen molar-refractivity contribution in [3.05, 3.63) is 71.8 Å². The number of amides is 1. The first-order valence-corrected chi connectivity index (χ1v) is 6.63. The first kappa shape index (κ1) is 14.8. The third-order valence-electron chi connectivity index (χ3n) is 2.97. The average Bonchev–Trinajstić information content (AvgIpc) is 2.52. The first-order valence-electron chi connectivity index (χ1n) is 6.63. The normalized spacial score (nSPS) is 12.2. The summed E-state index contributed by atoms with van der Waals surface area (Å²) in [6.07, 6.45) is 2.33. The number of aliphatic hydroxyl groups excluding tert-OH is 1. The number of aliphatic hydroxyl groups is 1. The van der Waals surface area contributed by atoms with Crippen LogP contribution in [0, 0.1) is 0 Å².